The van der Waals surface area contributed by atoms with Crippen molar-refractivity contribution < 1.29 is 9.13 Å². The van der Waals surface area contributed by atoms with E-state index in [4.69, 9.17) is 4.74 Å². The number of methoxy groups -OCH3 is 1. The van der Waals surface area contributed by atoms with Crippen LogP contribution < -0.4 is 20.7 Å². The number of imidazole rings is 1. The minimum atomic E-state index is -0.463. The number of nitrogens with zero attached hydrogens (tertiary/aromatic N) is 4. The Morgan fingerprint density at radius 1 is 1.06 bits per heavy atom. The van der Waals surface area contributed by atoms with Crippen LogP contribution in [0.5, 0.6) is 5.75 Å². The molecule has 0 aliphatic heterocycles. The van der Waals surface area contributed by atoms with Crippen molar-refractivity contribution in [1.82, 2.24) is 24.9 Å². The number of benzene rings is 1. The number of halogens is 1. The van der Waals surface area contributed by atoms with Crippen LogP contribution in [0.2, 0.25) is 0 Å². The van der Waals surface area contributed by atoms with E-state index in [1.54, 1.807) is 24.7 Å². The summed E-state index contributed by atoms with van der Waals surface area (Å²) in [6.07, 6.45) is 10.5. The fraction of sp³-hybridized carbons (Fsp3) is 0.429. The second-order valence-electron chi connectivity index (χ2n) is 7.53. The van der Waals surface area contributed by atoms with Crippen molar-refractivity contribution in [3.63, 3.8) is 0 Å². The van der Waals surface area contributed by atoms with Crippen molar-refractivity contribution in [3.8, 4) is 5.75 Å². The van der Waals surface area contributed by atoms with Crippen LogP contribution >= 0.6 is 0 Å². The third kappa shape index (κ3) is 5.80. The lowest BCUT2D eigenvalue weighted by Gasteiger charge is -2.17. The molecule has 0 radical (unpaired) electrons. The molecule has 0 spiro atoms. The summed E-state index contributed by atoms with van der Waals surface area (Å²) in [5, 5.41) is 9.69. The third-order valence-corrected chi connectivity index (χ3v) is 5.21. The SMILES string of the molecule is COc1ccc(Nc2nc(NCc3c[nH]cn3)nc(NC3CCCCCC3)n2)cc1F. The minimum absolute atomic E-state index is 0.179. The molecular weight excluding hydrogens is 399 g/mol. The Kier molecular flexibility index (Phi) is 6.75. The molecular formula is C21H27FN8O. The van der Waals surface area contributed by atoms with Gasteiger partial charge in [0.25, 0.3) is 0 Å². The van der Waals surface area contributed by atoms with Gasteiger partial charge in [0.1, 0.15) is 0 Å². The number of H-pyrrole nitrogens is 1. The van der Waals surface area contributed by atoms with E-state index < -0.39 is 5.82 Å². The molecule has 1 aliphatic rings. The van der Waals surface area contributed by atoms with Crippen LogP contribution in [-0.4, -0.2) is 38.1 Å². The summed E-state index contributed by atoms with van der Waals surface area (Å²) in [6, 6.07) is 4.94. The first-order chi connectivity index (χ1) is 15.2. The molecule has 1 fully saturated rings. The largest absolute Gasteiger partial charge is 0.494 e. The molecule has 3 aromatic rings. The normalized spacial score (nSPS) is 14.6. The second kappa shape index (κ2) is 10.1. The van der Waals surface area contributed by atoms with Gasteiger partial charge in [-0.15, -0.1) is 0 Å². The van der Waals surface area contributed by atoms with Gasteiger partial charge < -0.3 is 25.7 Å². The number of aromatic amines is 1. The standard InChI is InChI=1S/C21H27FN8O/c1-31-18-9-8-15(10-17(18)22)27-21-29-19(24-12-16-11-23-13-25-16)28-20(30-21)26-14-6-4-2-3-5-7-14/h8-11,13-14H,2-7,12H2,1H3,(H,23,25)(H3,24,26,27,28,29,30). The summed E-state index contributed by atoms with van der Waals surface area (Å²) in [6.45, 7) is 0.465. The van der Waals surface area contributed by atoms with Gasteiger partial charge in [0.05, 0.1) is 25.7 Å². The Hall–Kier alpha value is -3.43. The number of nitrogens with one attached hydrogen (secondary N) is 4. The first-order valence-electron chi connectivity index (χ1n) is 10.5. The Labute approximate surface area is 180 Å². The number of rotatable bonds is 8. The quantitative estimate of drug-likeness (QED) is 0.396. The summed E-state index contributed by atoms with van der Waals surface area (Å²) in [5.41, 5.74) is 1.36. The molecule has 31 heavy (non-hydrogen) atoms. The van der Waals surface area contributed by atoms with Crippen LogP contribution in [0.25, 0.3) is 0 Å². The highest BCUT2D eigenvalue weighted by Crippen LogP contribution is 2.24. The number of aromatic nitrogens is 5. The molecule has 2 heterocycles. The highest BCUT2D eigenvalue weighted by molar-refractivity contribution is 5.57. The predicted molar refractivity (Wildman–Crippen MR) is 117 cm³/mol. The van der Waals surface area contributed by atoms with Gasteiger partial charge in [-0.1, -0.05) is 25.7 Å². The van der Waals surface area contributed by atoms with Crippen molar-refractivity contribution in [2.24, 2.45) is 0 Å². The Morgan fingerprint density at radius 3 is 2.55 bits per heavy atom. The zero-order chi connectivity index (χ0) is 21.5. The molecule has 1 aliphatic carbocycles. The molecule has 0 saturated heterocycles. The third-order valence-electron chi connectivity index (χ3n) is 5.21. The predicted octanol–water partition coefficient (Wildman–Crippen LogP) is 4.23. The van der Waals surface area contributed by atoms with Gasteiger partial charge >= 0.3 is 0 Å². The highest BCUT2D eigenvalue weighted by Gasteiger charge is 2.15. The van der Waals surface area contributed by atoms with E-state index in [-0.39, 0.29) is 5.75 Å². The van der Waals surface area contributed by atoms with Crippen molar-refractivity contribution in [3.05, 3.63) is 42.2 Å². The number of hydrogen-bond acceptors (Lipinski definition) is 8. The van der Waals surface area contributed by atoms with Crippen LogP contribution in [0, 0.1) is 5.82 Å². The Morgan fingerprint density at radius 2 is 1.84 bits per heavy atom. The molecule has 0 unspecified atom stereocenters. The fourth-order valence-corrected chi connectivity index (χ4v) is 3.61. The van der Waals surface area contributed by atoms with Gasteiger partial charge in [-0.3, -0.25) is 0 Å². The smallest absolute Gasteiger partial charge is 0.233 e. The average Bonchev–Trinajstić information content (AvgIpc) is 3.16. The molecule has 0 bridgehead atoms. The first-order valence-corrected chi connectivity index (χ1v) is 10.5. The van der Waals surface area contributed by atoms with Crippen LogP contribution in [0.15, 0.2) is 30.7 Å². The monoisotopic (exact) mass is 426 g/mol. The zero-order valence-corrected chi connectivity index (χ0v) is 17.5. The molecule has 0 amide bonds. The van der Waals surface area contributed by atoms with Gasteiger partial charge in [0.2, 0.25) is 17.8 Å². The number of ether oxygens (including phenoxy) is 1. The van der Waals surface area contributed by atoms with Crippen molar-refractivity contribution in [2.75, 3.05) is 23.1 Å². The van der Waals surface area contributed by atoms with Gasteiger partial charge in [-0.25, -0.2) is 9.37 Å². The van der Waals surface area contributed by atoms with Crippen molar-refractivity contribution in [2.45, 2.75) is 51.1 Å². The van der Waals surface area contributed by atoms with E-state index in [9.17, 15) is 4.39 Å². The molecule has 4 rings (SSSR count). The van der Waals surface area contributed by atoms with Crippen LogP contribution in [0.1, 0.15) is 44.2 Å². The molecule has 4 N–H and O–H groups in total. The van der Waals surface area contributed by atoms with Crippen molar-refractivity contribution >= 4 is 23.5 Å². The first kappa shape index (κ1) is 20.8. The van der Waals surface area contributed by atoms with Crippen molar-refractivity contribution in [1.29, 1.82) is 0 Å². The van der Waals surface area contributed by atoms with Crippen LogP contribution in [0.3, 0.4) is 0 Å². The van der Waals surface area contributed by atoms with Gasteiger partial charge in [0, 0.05) is 24.0 Å². The fourth-order valence-electron chi connectivity index (χ4n) is 3.61. The average molecular weight is 427 g/mol. The summed E-state index contributed by atoms with van der Waals surface area (Å²) in [4.78, 5) is 20.6. The van der Waals surface area contributed by atoms with Crippen LogP contribution in [0.4, 0.5) is 27.9 Å². The second-order valence-corrected chi connectivity index (χ2v) is 7.53. The minimum Gasteiger partial charge on any atom is -0.494 e. The zero-order valence-electron chi connectivity index (χ0n) is 17.5. The lowest BCUT2D eigenvalue weighted by atomic mass is 10.1. The van der Waals surface area contributed by atoms with E-state index in [0.29, 0.717) is 36.1 Å². The van der Waals surface area contributed by atoms with Gasteiger partial charge in [-0.2, -0.15) is 15.0 Å². The summed E-state index contributed by atoms with van der Waals surface area (Å²) in [5.74, 6) is 0.933. The molecule has 0 atom stereocenters. The molecule has 1 aromatic carbocycles. The van der Waals surface area contributed by atoms with Gasteiger partial charge in [0.15, 0.2) is 11.6 Å². The van der Waals surface area contributed by atoms with Crippen LogP contribution in [-0.2, 0) is 6.54 Å². The summed E-state index contributed by atoms with van der Waals surface area (Å²) >= 11 is 0. The van der Waals surface area contributed by atoms with Gasteiger partial charge in [-0.05, 0) is 25.0 Å². The lowest BCUT2D eigenvalue weighted by Crippen LogP contribution is -2.21. The van der Waals surface area contributed by atoms with E-state index in [1.165, 1.54) is 38.9 Å². The van der Waals surface area contributed by atoms with E-state index >= 15 is 0 Å². The Balaban J connectivity index is 1.54. The molecule has 9 nitrogen and oxygen atoms in total. The molecule has 10 heteroatoms. The topological polar surface area (TPSA) is 113 Å². The summed E-state index contributed by atoms with van der Waals surface area (Å²) < 4.78 is 19.1. The lowest BCUT2D eigenvalue weighted by molar-refractivity contribution is 0.386. The molecule has 2 aromatic heterocycles. The Bertz CT molecular complexity index is 974. The maximum Gasteiger partial charge on any atom is 0.233 e. The highest BCUT2D eigenvalue weighted by atomic mass is 19.1. The maximum absolute atomic E-state index is 14.1. The van der Waals surface area contributed by atoms with E-state index in [2.05, 4.69) is 40.9 Å². The van der Waals surface area contributed by atoms with E-state index in [1.807, 2.05) is 0 Å². The summed E-state index contributed by atoms with van der Waals surface area (Å²) in [7, 11) is 1.43. The number of anilines is 4. The molecule has 164 valence electrons. The molecule has 1 saturated carbocycles. The number of hydrogen-bond donors (Lipinski definition) is 4. The van der Waals surface area contributed by atoms with E-state index in [0.717, 1.165) is 18.5 Å². The maximum atomic E-state index is 14.1.